The van der Waals surface area contributed by atoms with Gasteiger partial charge in [-0.1, -0.05) is 0 Å². The first-order chi connectivity index (χ1) is 11.3. The van der Waals surface area contributed by atoms with Crippen molar-refractivity contribution in [1.29, 1.82) is 0 Å². The van der Waals surface area contributed by atoms with E-state index in [9.17, 15) is 18.0 Å². The third-order valence-electron chi connectivity index (χ3n) is 3.86. The van der Waals surface area contributed by atoms with Crippen LogP contribution in [-0.2, 0) is 19.6 Å². The first-order valence-electron chi connectivity index (χ1n) is 7.90. The van der Waals surface area contributed by atoms with Gasteiger partial charge in [0.1, 0.15) is 6.54 Å². The summed E-state index contributed by atoms with van der Waals surface area (Å²) in [5, 5.41) is 2.62. The zero-order valence-corrected chi connectivity index (χ0v) is 14.8. The number of hydrogen-bond acceptors (Lipinski definition) is 4. The summed E-state index contributed by atoms with van der Waals surface area (Å²) < 4.78 is 25.3. The molecule has 0 unspecified atom stereocenters. The van der Waals surface area contributed by atoms with Gasteiger partial charge in [-0.2, -0.15) is 0 Å². The minimum absolute atomic E-state index is 0.189. The van der Waals surface area contributed by atoms with Crippen molar-refractivity contribution in [2.75, 3.05) is 35.5 Å². The number of carbonyl (C=O) groups excluding carboxylic acids is 2. The highest BCUT2D eigenvalue weighted by Crippen LogP contribution is 2.21. The summed E-state index contributed by atoms with van der Waals surface area (Å²) in [5.41, 5.74) is 0.971. The van der Waals surface area contributed by atoms with Gasteiger partial charge in [0.15, 0.2) is 0 Å². The predicted molar refractivity (Wildman–Crippen MR) is 93.4 cm³/mol. The van der Waals surface area contributed by atoms with Gasteiger partial charge in [0.2, 0.25) is 21.8 Å². The van der Waals surface area contributed by atoms with Crippen LogP contribution in [0.25, 0.3) is 0 Å². The maximum absolute atomic E-state index is 12.4. The van der Waals surface area contributed by atoms with E-state index in [0.29, 0.717) is 24.5 Å². The fourth-order valence-electron chi connectivity index (χ4n) is 2.68. The average Bonchev–Trinajstić information content (AvgIpc) is 2.52. The molecule has 24 heavy (non-hydrogen) atoms. The Kier molecular flexibility index (Phi) is 5.82. The van der Waals surface area contributed by atoms with Gasteiger partial charge in [-0.05, 0) is 43.5 Å². The Morgan fingerprint density at radius 2 is 1.71 bits per heavy atom. The third-order valence-corrected chi connectivity index (χ3v) is 5.00. The summed E-state index contributed by atoms with van der Waals surface area (Å²) in [4.78, 5) is 25.2. The summed E-state index contributed by atoms with van der Waals surface area (Å²) in [6.07, 6.45) is 4.09. The van der Waals surface area contributed by atoms with E-state index in [4.69, 9.17) is 0 Å². The topological polar surface area (TPSA) is 86.8 Å². The first-order valence-corrected chi connectivity index (χ1v) is 9.75. The number of sulfonamides is 1. The molecule has 0 radical (unpaired) electrons. The predicted octanol–water partition coefficient (Wildman–Crippen LogP) is 1.42. The van der Waals surface area contributed by atoms with Crippen molar-refractivity contribution < 1.29 is 18.0 Å². The monoisotopic (exact) mass is 353 g/mol. The molecule has 1 fully saturated rings. The number of likely N-dealkylation sites (tertiary alicyclic amines) is 1. The van der Waals surface area contributed by atoms with Crippen LogP contribution in [0, 0.1) is 0 Å². The summed E-state index contributed by atoms with van der Waals surface area (Å²) in [6.45, 7) is 2.54. The number of piperidine rings is 1. The first kappa shape index (κ1) is 18.3. The minimum atomic E-state index is -3.59. The van der Waals surface area contributed by atoms with Gasteiger partial charge >= 0.3 is 0 Å². The quantitative estimate of drug-likeness (QED) is 0.867. The Balaban J connectivity index is 2.16. The molecule has 132 valence electrons. The fourth-order valence-corrected chi connectivity index (χ4v) is 3.53. The molecule has 2 amide bonds. The van der Waals surface area contributed by atoms with Crippen LogP contribution in [0.2, 0.25) is 0 Å². The lowest BCUT2D eigenvalue weighted by molar-refractivity contribution is -0.130. The average molecular weight is 353 g/mol. The fraction of sp³-hybridized carbons (Fsp3) is 0.500. The Hall–Kier alpha value is -2.09. The van der Waals surface area contributed by atoms with Gasteiger partial charge in [-0.15, -0.1) is 0 Å². The standard InChI is InChI=1S/C16H23N3O4S/c1-13(20)17-14-6-8-15(9-7-14)19(24(2,22)23)12-16(21)18-10-4-3-5-11-18/h6-9H,3-5,10-12H2,1-2H3,(H,17,20). The van der Waals surface area contributed by atoms with Crippen LogP contribution in [0.15, 0.2) is 24.3 Å². The maximum atomic E-state index is 12.4. The van der Waals surface area contributed by atoms with E-state index in [1.807, 2.05) is 0 Å². The number of nitrogens with zero attached hydrogens (tertiary/aromatic N) is 2. The summed E-state index contributed by atoms with van der Waals surface area (Å²) >= 11 is 0. The lowest BCUT2D eigenvalue weighted by atomic mass is 10.1. The van der Waals surface area contributed by atoms with Crippen molar-refractivity contribution >= 4 is 33.2 Å². The van der Waals surface area contributed by atoms with Gasteiger partial charge in [0.25, 0.3) is 0 Å². The molecular weight excluding hydrogens is 330 g/mol. The number of amides is 2. The third kappa shape index (κ3) is 4.95. The van der Waals surface area contributed by atoms with Crippen LogP contribution >= 0.6 is 0 Å². The lowest BCUT2D eigenvalue weighted by Crippen LogP contribution is -2.44. The second-order valence-electron chi connectivity index (χ2n) is 5.94. The van der Waals surface area contributed by atoms with Crippen LogP contribution in [0.3, 0.4) is 0 Å². The van der Waals surface area contributed by atoms with E-state index in [2.05, 4.69) is 5.32 Å². The molecule has 0 aromatic heterocycles. The molecule has 1 N–H and O–H groups in total. The van der Waals surface area contributed by atoms with E-state index in [-0.39, 0.29) is 18.4 Å². The molecule has 0 aliphatic carbocycles. The molecule has 0 spiro atoms. The zero-order valence-electron chi connectivity index (χ0n) is 14.0. The van der Waals surface area contributed by atoms with Crippen molar-refractivity contribution in [3.63, 3.8) is 0 Å². The van der Waals surface area contributed by atoms with Crippen LogP contribution in [0.4, 0.5) is 11.4 Å². The minimum Gasteiger partial charge on any atom is -0.341 e. The number of anilines is 2. The van der Waals surface area contributed by atoms with Gasteiger partial charge in [0, 0.05) is 25.7 Å². The van der Waals surface area contributed by atoms with Crippen LogP contribution < -0.4 is 9.62 Å². The largest absolute Gasteiger partial charge is 0.341 e. The van der Waals surface area contributed by atoms with Crippen molar-refractivity contribution in [2.24, 2.45) is 0 Å². The highest BCUT2D eigenvalue weighted by Gasteiger charge is 2.24. The molecule has 1 aliphatic heterocycles. The Bertz CT molecular complexity index is 695. The van der Waals surface area contributed by atoms with Crippen LogP contribution in [0.1, 0.15) is 26.2 Å². The van der Waals surface area contributed by atoms with Gasteiger partial charge in [-0.25, -0.2) is 8.42 Å². The summed E-state index contributed by atoms with van der Waals surface area (Å²) in [7, 11) is -3.59. The Morgan fingerprint density at radius 3 is 2.21 bits per heavy atom. The zero-order chi connectivity index (χ0) is 17.7. The van der Waals surface area contributed by atoms with E-state index in [1.54, 1.807) is 29.2 Å². The molecule has 0 saturated carbocycles. The smallest absolute Gasteiger partial charge is 0.243 e. The SMILES string of the molecule is CC(=O)Nc1ccc(N(CC(=O)N2CCCCC2)S(C)(=O)=O)cc1. The Labute approximate surface area is 142 Å². The number of benzene rings is 1. The summed E-state index contributed by atoms with van der Waals surface area (Å²) in [5.74, 6) is -0.394. The molecule has 1 aromatic carbocycles. The van der Waals surface area contributed by atoms with E-state index in [0.717, 1.165) is 29.8 Å². The van der Waals surface area contributed by atoms with E-state index in [1.165, 1.54) is 6.92 Å². The second-order valence-corrected chi connectivity index (χ2v) is 7.85. The highest BCUT2D eigenvalue weighted by atomic mass is 32.2. The molecule has 0 bridgehead atoms. The molecule has 8 heteroatoms. The molecule has 1 heterocycles. The molecule has 2 rings (SSSR count). The molecular formula is C16H23N3O4S. The van der Waals surface area contributed by atoms with Crippen LogP contribution in [0.5, 0.6) is 0 Å². The van der Waals surface area contributed by atoms with Gasteiger partial charge in [0.05, 0.1) is 11.9 Å². The highest BCUT2D eigenvalue weighted by molar-refractivity contribution is 7.92. The van der Waals surface area contributed by atoms with Gasteiger partial charge < -0.3 is 10.2 Å². The number of nitrogens with one attached hydrogen (secondary N) is 1. The molecule has 1 saturated heterocycles. The number of hydrogen-bond donors (Lipinski definition) is 1. The van der Waals surface area contributed by atoms with Crippen molar-refractivity contribution in [2.45, 2.75) is 26.2 Å². The Morgan fingerprint density at radius 1 is 1.12 bits per heavy atom. The van der Waals surface area contributed by atoms with Gasteiger partial charge in [-0.3, -0.25) is 13.9 Å². The molecule has 1 aliphatic rings. The van der Waals surface area contributed by atoms with E-state index < -0.39 is 10.0 Å². The lowest BCUT2D eigenvalue weighted by Gasteiger charge is -2.30. The van der Waals surface area contributed by atoms with E-state index >= 15 is 0 Å². The molecule has 7 nitrogen and oxygen atoms in total. The van der Waals surface area contributed by atoms with Crippen molar-refractivity contribution in [3.8, 4) is 0 Å². The second kappa shape index (κ2) is 7.65. The molecule has 0 atom stereocenters. The number of carbonyl (C=O) groups is 2. The number of rotatable bonds is 5. The maximum Gasteiger partial charge on any atom is 0.243 e. The van der Waals surface area contributed by atoms with Crippen LogP contribution in [-0.4, -0.2) is 51.0 Å². The molecule has 1 aromatic rings. The normalized spacial score (nSPS) is 15.0. The summed E-state index contributed by atoms with van der Waals surface area (Å²) in [6, 6.07) is 6.38. The van der Waals surface area contributed by atoms with Crippen molar-refractivity contribution in [3.05, 3.63) is 24.3 Å². The van der Waals surface area contributed by atoms with Crippen molar-refractivity contribution in [1.82, 2.24) is 4.90 Å².